The second-order valence-electron chi connectivity index (χ2n) is 2.47. The lowest BCUT2D eigenvalue weighted by atomic mass is 10.4. The number of carbonyl (C=O) groups is 1. The minimum absolute atomic E-state index is 0.140. The van der Waals surface area contributed by atoms with Gasteiger partial charge in [0.1, 0.15) is 0 Å². The van der Waals surface area contributed by atoms with E-state index in [1.807, 2.05) is 0 Å². The van der Waals surface area contributed by atoms with Crippen molar-refractivity contribution in [2.24, 2.45) is 0 Å². The van der Waals surface area contributed by atoms with Gasteiger partial charge in [-0.25, -0.2) is 9.18 Å². The smallest absolute Gasteiger partial charge is 0.368 e. The van der Waals surface area contributed by atoms with Crippen LogP contribution in [0.3, 0.4) is 0 Å². The highest BCUT2D eigenvalue weighted by atomic mass is 19.1. The van der Waals surface area contributed by atoms with Gasteiger partial charge < -0.3 is 14.2 Å². The summed E-state index contributed by atoms with van der Waals surface area (Å²) >= 11 is 0. The molecule has 0 aliphatic rings. The molecule has 0 rings (SSSR count). The minimum atomic E-state index is -2.02. The molecule has 0 aromatic heterocycles. The molecule has 0 saturated carbocycles. The van der Waals surface area contributed by atoms with E-state index in [9.17, 15) is 9.18 Å². The minimum Gasteiger partial charge on any atom is -0.462 e. The van der Waals surface area contributed by atoms with Crippen LogP contribution in [-0.2, 0) is 19.0 Å². The summed E-state index contributed by atoms with van der Waals surface area (Å²) in [4.78, 5) is 10.7. The molecule has 0 fully saturated rings. The Kier molecular flexibility index (Phi) is 6.44. The zero-order chi connectivity index (χ0) is 10.3. The number of hydrogen-bond acceptors (Lipinski definition) is 4. The van der Waals surface area contributed by atoms with E-state index in [-0.39, 0.29) is 13.2 Å². The zero-order valence-electron chi connectivity index (χ0n) is 8.08. The van der Waals surface area contributed by atoms with Crippen LogP contribution in [0.1, 0.15) is 13.8 Å². The number of halogens is 1. The lowest BCUT2D eigenvalue weighted by molar-refractivity contribution is -0.177. The molecule has 5 heteroatoms. The molecule has 0 spiro atoms. The Bertz CT molecular complexity index is 151. The SMILES string of the molecule is CCOC(=O)C(F)OC(C)COC. The van der Waals surface area contributed by atoms with Crippen molar-refractivity contribution in [2.45, 2.75) is 26.3 Å². The van der Waals surface area contributed by atoms with E-state index < -0.39 is 18.4 Å². The Morgan fingerprint density at radius 1 is 1.54 bits per heavy atom. The summed E-state index contributed by atoms with van der Waals surface area (Å²) in [5.74, 6) is -0.995. The summed E-state index contributed by atoms with van der Waals surface area (Å²) in [6.07, 6.45) is -2.49. The first kappa shape index (κ1) is 12.3. The number of rotatable bonds is 6. The highest BCUT2D eigenvalue weighted by Crippen LogP contribution is 2.02. The van der Waals surface area contributed by atoms with Crippen LogP contribution in [0.15, 0.2) is 0 Å². The molecular formula is C8H15FO4. The van der Waals surface area contributed by atoms with Crippen LogP contribution in [0.5, 0.6) is 0 Å². The number of hydrogen-bond donors (Lipinski definition) is 0. The molecule has 0 saturated heterocycles. The Morgan fingerprint density at radius 2 is 2.15 bits per heavy atom. The van der Waals surface area contributed by atoms with Crippen molar-refractivity contribution < 1.29 is 23.4 Å². The molecule has 0 radical (unpaired) electrons. The van der Waals surface area contributed by atoms with E-state index >= 15 is 0 Å². The van der Waals surface area contributed by atoms with Gasteiger partial charge in [0.25, 0.3) is 6.36 Å². The topological polar surface area (TPSA) is 44.8 Å². The van der Waals surface area contributed by atoms with Gasteiger partial charge in [-0.3, -0.25) is 0 Å². The molecule has 2 atom stereocenters. The number of esters is 1. The van der Waals surface area contributed by atoms with Gasteiger partial charge in [0.15, 0.2) is 0 Å². The summed E-state index contributed by atoms with van der Waals surface area (Å²) in [6.45, 7) is 3.58. The predicted molar refractivity (Wildman–Crippen MR) is 44.0 cm³/mol. The van der Waals surface area contributed by atoms with Gasteiger partial charge in [-0.15, -0.1) is 0 Å². The van der Waals surface area contributed by atoms with E-state index in [1.54, 1.807) is 13.8 Å². The first-order valence-corrected chi connectivity index (χ1v) is 4.06. The average Bonchev–Trinajstić information content (AvgIpc) is 2.05. The van der Waals surface area contributed by atoms with Crippen LogP contribution >= 0.6 is 0 Å². The molecule has 0 heterocycles. The number of carbonyl (C=O) groups excluding carboxylic acids is 1. The summed E-state index contributed by atoms with van der Waals surface area (Å²) in [5.41, 5.74) is 0. The Balaban J connectivity index is 3.71. The molecule has 78 valence electrons. The molecule has 0 bridgehead atoms. The van der Waals surface area contributed by atoms with E-state index in [1.165, 1.54) is 7.11 Å². The molecule has 0 N–H and O–H groups in total. The van der Waals surface area contributed by atoms with Crippen molar-refractivity contribution in [1.82, 2.24) is 0 Å². The quantitative estimate of drug-likeness (QED) is 0.589. The van der Waals surface area contributed by atoms with Gasteiger partial charge in [0, 0.05) is 7.11 Å². The zero-order valence-corrected chi connectivity index (χ0v) is 8.08. The van der Waals surface area contributed by atoms with Crippen molar-refractivity contribution >= 4 is 5.97 Å². The molecule has 0 aliphatic carbocycles. The second kappa shape index (κ2) is 6.80. The van der Waals surface area contributed by atoms with E-state index in [0.717, 1.165) is 0 Å². The maximum Gasteiger partial charge on any atom is 0.368 e. The Hall–Kier alpha value is -0.680. The van der Waals surface area contributed by atoms with Crippen molar-refractivity contribution in [1.29, 1.82) is 0 Å². The fourth-order valence-electron chi connectivity index (χ4n) is 0.741. The maximum atomic E-state index is 12.8. The highest BCUT2D eigenvalue weighted by molar-refractivity contribution is 5.72. The maximum absolute atomic E-state index is 12.8. The Morgan fingerprint density at radius 3 is 2.62 bits per heavy atom. The van der Waals surface area contributed by atoms with Crippen LogP contribution in [0.4, 0.5) is 4.39 Å². The molecule has 4 nitrogen and oxygen atoms in total. The third-order valence-corrected chi connectivity index (χ3v) is 1.23. The van der Waals surface area contributed by atoms with Gasteiger partial charge in [0.05, 0.1) is 19.3 Å². The molecule has 13 heavy (non-hydrogen) atoms. The molecule has 0 aromatic carbocycles. The Labute approximate surface area is 77.0 Å². The van der Waals surface area contributed by atoms with Crippen LogP contribution < -0.4 is 0 Å². The summed E-state index contributed by atoms with van der Waals surface area (Å²) in [7, 11) is 1.47. The van der Waals surface area contributed by atoms with Crippen molar-refractivity contribution in [3.63, 3.8) is 0 Å². The van der Waals surface area contributed by atoms with Crippen LogP contribution in [0.25, 0.3) is 0 Å². The largest absolute Gasteiger partial charge is 0.462 e. The third-order valence-electron chi connectivity index (χ3n) is 1.23. The summed E-state index contributed by atoms with van der Waals surface area (Å²) in [5, 5.41) is 0. The summed E-state index contributed by atoms with van der Waals surface area (Å²) in [6, 6.07) is 0. The fraction of sp³-hybridized carbons (Fsp3) is 0.875. The lowest BCUT2D eigenvalue weighted by Gasteiger charge is -2.14. The lowest BCUT2D eigenvalue weighted by Crippen LogP contribution is -2.28. The fourth-order valence-corrected chi connectivity index (χ4v) is 0.741. The van der Waals surface area contributed by atoms with Crippen molar-refractivity contribution in [3.8, 4) is 0 Å². The molecular weight excluding hydrogens is 179 g/mol. The molecule has 0 aromatic rings. The number of methoxy groups -OCH3 is 1. The van der Waals surface area contributed by atoms with Gasteiger partial charge in [-0.1, -0.05) is 0 Å². The van der Waals surface area contributed by atoms with Gasteiger partial charge >= 0.3 is 5.97 Å². The third kappa shape index (κ3) is 5.54. The highest BCUT2D eigenvalue weighted by Gasteiger charge is 2.21. The van der Waals surface area contributed by atoms with E-state index in [4.69, 9.17) is 4.74 Å². The van der Waals surface area contributed by atoms with Gasteiger partial charge in [-0.2, -0.15) is 0 Å². The molecule has 0 amide bonds. The molecule has 0 aliphatic heterocycles. The number of ether oxygens (including phenoxy) is 3. The van der Waals surface area contributed by atoms with Crippen molar-refractivity contribution in [2.75, 3.05) is 20.3 Å². The van der Waals surface area contributed by atoms with Gasteiger partial charge in [-0.05, 0) is 13.8 Å². The van der Waals surface area contributed by atoms with E-state index in [2.05, 4.69) is 9.47 Å². The average molecular weight is 194 g/mol. The van der Waals surface area contributed by atoms with Crippen molar-refractivity contribution in [3.05, 3.63) is 0 Å². The predicted octanol–water partition coefficient (Wildman–Crippen LogP) is 0.897. The first-order chi connectivity index (χ1) is 6.11. The number of alkyl halides is 1. The second-order valence-corrected chi connectivity index (χ2v) is 2.47. The normalized spacial score (nSPS) is 15.1. The standard InChI is InChI=1S/C8H15FO4/c1-4-12-8(10)7(9)13-6(2)5-11-3/h6-7H,4-5H2,1-3H3. The van der Waals surface area contributed by atoms with Crippen LogP contribution in [0, 0.1) is 0 Å². The van der Waals surface area contributed by atoms with Gasteiger partial charge in [0.2, 0.25) is 0 Å². The van der Waals surface area contributed by atoms with E-state index in [0.29, 0.717) is 0 Å². The molecule has 2 unspecified atom stereocenters. The summed E-state index contributed by atoms with van der Waals surface area (Å²) < 4.78 is 26.5. The first-order valence-electron chi connectivity index (χ1n) is 4.06. The monoisotopic (exact) mass is 194 g/mol. The van der Waals surface area contributed by atoms with Crippen LogP contribution in [-0.4, -0.2) is 38.8 Å². The van der Waals surface area contributed by atoms with Crippen LogP contribution in [0.2, 0.25) is 0 Å².